The predicted molar refractivity (Wildman–Crippen MR) is 70.2 cm³/mol. The van der Waals surface area contributed by atoms with Gasteiger partial charge in [-0.05, 0) is 6.42 Å². The molecule has 7 heteroatoms. The molecule has 2 aliphatic rings. The molecule has 20 heavy (non-hydrogen) atoms. The smallest absolute Gasteiger partial charge is 0.251 e. The molecule has 1 aromatic rings. The number of nitrogens with zero attached hydrogens (tertiary/aromatic N) is 3. The Balaban J connectivity index is 1.60. The minimum atomic E-state index is -0.475. The molecular weight excluding hydrogens is 260 g/mol. The highest BCUT2D eigenvalue weighted by Crippen LogP contribution is 2.16. The number of aromatic nitrogens is 3. The van der Waals surface area contributed by atoms with Crippen molar-refractivity contribution in [2.75, 3.05) is 19.8 Å². The van der Waals surface area contributed by atoms with Crippen LogP contribution < -0.4 is 5.32 Å². The van der Waals surface area contributed by atoms with Crippen molar-refractivity contribution in [2.45, 2.75) is 44.9 Å². The quantitative estimate of drug-likeness (QED) is 0.821. The van der Waals surface area contributed by atoms with Gasteiger partial charge in [0.15, 0.2) is 6.10 Å². The molecule has 1 fully saturated rings. The normalized spacial score (nSPS) is 26.1. The van der Waals surface area contributed by atoms with Gasteiger partial charge in [-0.3, -0.25) is 4.79 Å². The van der Waals surface area contributed by atoms with Crippen LogP contribution in [0.5, 0.6) is 0 Å². The number of hydrogen-bond acceptors (Lipinski definition) is 5. The monoisotopic (exact) mass is 280 g/mol. The third-order valence-corrected chi connectivity index (χ3v) is 3.79. The molecule has 2 aliphatic heterocycles. The summed E-state index contributed by atoms with van der Waals surface area (Å²) in [6.07, 6.45) is 2.12. The van der Waals surface area contributed by atoms with Crippen LogP contribution in [0.25, 0.3) is 0 Å². The van der Waals surface area contributed by atoms with Crippen LogP contribution in [0.4, 0.5) is 0 Å². The number of hydrogen-bond donors (Lipinski definition) is 1. The molecule has 0 aliphatic carbocycles. The Kier molecular flexibility index (Phi) is 3.98. The Morgan fingerprint density at radius 2 is 2.35 bits per heavy atom. The van der Waals surface area contributed by atoms with Gasteiger partial charge in [0.25, 0.3) is 5.91 Å². The van der Waals surface area contributed by atoms with E-state index < -0.39 is 6.10 Å². The first-order valence-corrected chi connectivity index (χ1v) is 7.18. The van der Waals surface area contributed by atoms with Crippen molar-refractivity contribution in [1.82, 2.24) is 20.1 Å². The van der Waals surface area contributed by atoms with Crippen LogP contribution in [0.2, 0.25) is 0 Å². The molecule has 2 atom stereocenters. The van der Waals surface area contributed by atoms with Crippen molar-refractivity contribution < 1.29 is 14.3 Å². The molecule has 0 spiro atoms. The molecule has 0 radical (unpaired) electrons. The summed E-state index contributed by atoms with van der Waals surface area (Å²) < 4.78 is 12.8. The first-order valence-electron chi connectivity index (χ1n) is 7.18. The van der Waals surface area contributed by atoms with Crippen molar-refractivity contribution in [3.8, 4) is 0 Å². The van der Waals surface area contributed by atoms with Crippen LogP contribution in [0.3, 0.4) is 0 Å². The van der Waals surface area contributed by atoms with Crippen molar-refractivity contribution in [1.29, 1.82) is 0 Å². The second-order valence-corrected chi connectivity index (χ2v) is 5.18. The minimum Gasteiger partial charge on any atom is -0.376 e. The van der Waals surface area contributed by atoms with Crippen LogP contribution in [0.15, 0.2) is 0 Å². The average molecular weight is 280 g/mol. The van der Waals surface area contributed by atoms with Gasteiger partial charge >= 0.3 is 0 Å². The third-order valence-electron chi connectivity index (χ3n) is 3.79. The number of nitrogens with one attached hydrogen (secondary N) is 1. The molecule has 110 valence electrons. The zero-order valence-electron chi connectivity index (χ0n) is 11.7. The van der Waals surface area contributed by atoms with E-state index in [2.05, 4.69) is 27.0 Å². The minimum absolute atomic E-state index is 0.0794. The Labute approximate surface area is 117 Å². The lowest BCUT2D eigenvalue weighted by Gasteiger charge is -2.28. The molecule has 1 N–H and O–H groups in total. The van der Waals surface area contributed by atoms with Crippen LogP contribution in [-0.2, 0) is 33.7 Å². The fraction of sp³-hybridized carbons (Fsp3) is 0.769. The van der Waals surface area contributed by atoms with Crippen LogP contribution in [0.1, 0.15) is 25.0 Å². The number of amides is 1. The molecule has 0 bridgehead atoms. The van der Waals surface area contributed by atoms with Gasteiger partial charge in [-0.25, -0.2) is 0 Å². The number of carbonyl (C=O) groups excluding carboxylic acids is 1. The first kappa shape index (κ1) is 13.5. The molecule has 0 unspecified atom stereocenters. The summed E-state index contributed by atoms with van der Waals surface area (Å²) in [6.45, 7) is 4.20. The summed E-state index contributed by atoms with van der Waals surface area (Å²) in [5.74, 6) is 1.92. The Morgan fingerprint density at radius 3 is 3.10 bits per heavy atom. The van der Waals surface area contributed by atoms with Crippen molar-refractivity contribution in [3.63, 3.8) is 0 Å². The maximum Gasteiger partial charge on any atom is 0.251 e. The third kappa shape index (κ3) is 2.69. The summed E-state index contributed by atoms with van der Waals surface area (Å²) in [6, 6.07) is 0.113. The number of rotatable bonds is 3. The summed E-state index contributed by atoms with van der Waals surface area (Å²) >= 11 is 0. The summed E-state index contributed by atoms with van der Waals surface area (Å²) in [4.78, 5) is 12.1. The first-order chi connectivity index (χ1) is 9.78. The molecule has 3 rings (SSSR count). The molecular formula is C13H20N4O3. The lowest BCUT2D eigenvalue weighted by molar-refractivity contribution is -0.148. The van der Waals surface area contributed by atoms with E-state index >= 15 is 0 Å². The molecule has 1 aromatic heterocycles. The maximum absolute atomic E-state index is 12.1. The largest absolute Gasteiger partial charge is 0.376 e. The zero-order valence-corrected chi connectivity index (χ0v) is 11.7. The Bertz CT molecular complexity index is 468. The summed E-state index contributed by atoms with van der Waals surface area (Å²) in [5, 5.41) is 11.4. The van der Waals surface area contributed by atoms with E-state index in [0.717, 1.165) is 37.5 Å². The summed E-state index contributed by atoms with van der Waals surface area (Å²) in [7, 11) is 0. The van der Waals surface area contributed by atoms with Crippen molar-refractivity contribution in [2.24, 2.45) is 0 Å². The molecule has 0 saturated carbocycles. The van der Waals surface area contributed by atoms with Gasteiger partial charge in [0, 0.05) is 25.4 Å². The van der Waals surface area contributed by atoms with Gasteiger partial charge in [-0.15, -0.1) is 10.2 Å². The Morgan fingerprint density at radius 1 is 1.45 bits per heavy atom. The predicted octanol–water partition coefficient (Wildman–Crippen LogP) is -0.313. The van der Waals surface area contributed by atoms with Gasteiger partial charge < -0.3 is 19.4 Å². The summed E-state index contributed by atoms with van der Waals surface area (Å²) in [5.41, 5.74) is 0. The molecule has 1 amide bonds. The number of aryl methyl sites for hydroxylation is 2. The van der Waals surface area contributed by atoms with Crippen LogP contribution in [0, 0.1) is 0 Å². The van der Waals surface area contributed by atoms with E-state index in [9.17, 15) is 4.79 Å². The van der Waals surface area contributed by atoms with Gasteiger partial charge in [0.1, 0.15) is 11.6 Å². The van der Waals surface area contributed by atoms with E-state index in [1.54, 1.807) is 0 Å². The Hall–Kier alpha value is -1.47. The number of carbonyl (C=O) groups is 1. The van der Waals surface area contributed by atoms with Crippen LogP contribution >= 0.6 is 0 Å². The fourth-order valence-corrected chi connectivity index (χ4v) is 2.70. The second kappa shape index (κ2) is 5.88. The highest BCUT2D eigenvalue weighted by atomic mass is 16.6. The topological polar surface area (TPSA) is 78.3 Å². The standard InChI is InChI=1S/C13H20N4O3/c1-2-11-15-16-12-4-3-9(7-17(11)12)14-13(18)10-8-19-5-6-20-10/h9-10H,2-8H2,1H3,(H,14,18)/t9-,10-/m1/s1. The highest BCUT2D eigenvalue weighted by molar-refractivity contribution is 5.81. The molecule has 3 heterocycles. The highest BCUT2D eigenvalue weighted by Gasteiger charge is 2.28. The number of fused-ring (bicyclic) bond motifs is 1. The van der Waals surface area contributed by atoms with E-state index in [1.807, 2.05) is 0 Å². The van der Waals surface area contributed by atoms with E-state index in [-0.39, 0.29) is 11.9 Å². The van der Waals surface area contributed by atoms with E-state index in [1.165, 1.54) is 0 Å². The zero-order chi connectivity index (χ0) is 13.9. The van der Waals surface area contributed by atoms with E-state index in [0.29, 0.717) is 19.8 Å². The van der Waals surface area contributed by atoms with Crippen molar-refractivity contribution >= 4 is 5.91 Å². The van der Waals surface area contributed by atoms with Crippen LogP contribution in [-0.4, -0.2) is 52.6 Å². The second-order valence-electron chi connectivity index (χ2n) is 5.18. The van der Waals surface area contributed by atoms with Gasteiger partial charge in [0.2, 0.25) is 0 Å². The molecule has 0 aromatic carbocycles. The molecule has 7 nitrogen and oxygen atoms in total. The lowest BCUT2D eigenvalue weighted by atomic mass is 10.1. The van der Waals surface area contributed by atoms with Gasteiger partial charge in [0.05, 0.1) is 19.8 Å². The average Bonchev–Trinajstić information content (AvgIpc) is 2.90. The van der Waals surface area contributed by atoms with Gasteiger partial charge in [-0.1, -0.05) is 6.92 Å². The lowest BCUT2D eigenvalue weighted by Crippen LogP contribution is -2.49. The van der Waals surface area contributed by atoms with Gasteiger partial charge in [-0.2, -0.15) is 0 Å². The molecule has 1 saturated heterocycles. The van der Waals surface area contributed by atoms with E-state index in [4.69, 9.17) is 9.47 Å². The SMILES string of the molecule is CCc1nnc2n1C[C@H](NC(=O)[C@H]1COCCO1)CC2. The fourth-order valence-electron chi connectivity index (χ4n) is 2.70. The van der Waals surface area contributed by atoms with Crippen molar-refractivity contribution in [3.05, 3.63) is 11.6 Å². The number of ether oxygens (including phenoxy) is 2. The maximum atomic E-state index is 12.1.